The molecular weight excluding hydrogens is 251 g/mol. The second-order valence-corrected chi connectivity index (χ2v) is 4.42. The summed E-state index contributed by atoms with van der Waals surface area (Å²) in [6.45, 7) is 4.15. The molecular formula is C14H16ClFN2. The number of nitrogens with zero attached hydrogens (tertiary/aromatic N) is 2. The summed E-state index contributed by atoms with van der Waals surface area (Å²) >= 11 is 5.88. The van der Waals surface area contributed by atoms with Gasteiger partial charge in [-0.05, 0) is 42.7 Å². The molecule has 0 radical (unpaired) electrons. The highest BCUT2D eigenvalue weighted by atomic mass is 35.5. The number of alkyl halides is 1. The van der Waals surface area contributed by atoms with Crippen LogP contribution in [-0.4, -0.2) is 9.78 Å². The van der Waals surface area contributed by atoms with Gasteiger partial charge in [0, 0.05) is 11.6 Å². The maximum absolute atomic E-state index is 13.2. The average Bonchev–Trinajstić information content (AvgIpc) is 2.81. The molecule has 96 valence electrons. The van der Waals surface area contributed by atoms with Gasteiger partial charge in [-0.2, -0.15) is 5.10 Å². The smallest absolute Gasteiger partial charge is 0.123 e. The van der Waals surface area contributed by atoms with Gasteiger partial charge in [0.25, 0.3) is 0 Å². The molecule has 0 aliphatic rings. The van der Waals surface area contributed by atoms with E-state index in [9.17, 15) is 4.39 Å². The molecule has 1 heterocycles. The van der Waals surface area contributed by atoms with E-state index in [1.54, 1.807) is 6.07 Å². The maximum atomic E-state index is 13.2. The minimum absolute atomic E-state index is 0.268. The molecule has 1 aromatic carbocycles. The van der Waals surface area contributed by atoms with Gasteiger partial charge in [0.05, 0.1) is 11.4 Å². The van der Waals surface area contributed by atoms with Gasteiger partial charge in [-0.25, -0.2) is 9.07 Å². The Balaban J connectivity index is 2.56. The number of aromatic nitrogens is 2. The lowest BCUT2D eigenvalue weighted by Gasteiger charge is -2.10. The van der Waals surface area contributed by atoms with E-state index < -0.39 is 0 Å². The van der Waals surface area contributed by atoms with E-state index >= 15 is 0 Å². The van der Waals surface area contributed by atoms with Crippen molar-refractivity contribution < 1.29 is 4.39 Å². The van der Waals surface area contributed by atoms with Crippen molar-refractivity contribution in [2.45, 2.75) is 32.6 Å². The molecule has 0 aliphatic carbocycles. The number of rotatable bonds is 4. The van der Waals surface area contributed by atoms with Gasteiger partial charge >= 0.3 is 0 Å². The molecule has 0 spiro atoms. The fourth-order valence-corrected chi connectivity index (χ4v) is 2.19. The Hall–Kier alpha value is -1.35. The third kappa shape index (κ3) is 2.41. The molecule has 0 fully saturated rings. The summed E-state index contributed by atoms with van der Waals surface area (Å²) < 4.78 is 15.1. The first-order valence-corrected chi connectivity index (χ1v) is 6.65. The van der Waals surface area contributed by atoms with E-state index in [1.807, 2.05) is 4.68 Å². The zero-order chi connectivity index (χ0) is 13.1. The van der Waals surface area contributed by atoms with Crippen LogP contribution in [0, 0.1) is 5.82 Å². The largest absolute Gasteiger partial charge is 0.237 e. The van der Waals surface area contributed by atoms with Crippen LogP contribution < -0.4 is 0 Å². The summed E-state index contributed by atoms with van der Waals surface area (Å²) in [5, 5.41) is 4.54. The molecule has 0 saturated carbocycles. The predicted octanol–water partition coefficient (Wildman–Crippen LogP) is 3.88. The van der Waals surface area contributed by atoms with E-state index in [0.29, 0.717) is 0 Å². The highest BCUT2D eigenvalue weighted by Crippen LogP contribution is 2.21. The van der Waals surface area contributed by atoms with Crippen LogP contribution in [0.5, 0.6) is 0 Å². The van der Waals surface area contributed by atoms with Crippen molar-refractivity contribution >= 4 is 11.6 Å². The van der Waals surface area contributed by atoms with Crippen molar-refractivity contribution in [3.63, 3.8) is 0 Å². The van der Waals surface area contributed by atoms with Crippen LogP contribution in [0.4, 0.5) is 4.39 Å². The van der Waals surface area contributed by atoms with Gasteiger partial charge in [0.15, 0.2) is 0 Å². The molecule has 2 rings (SSSR count). The Bertz CT molecular complexity index is 549. The van der Waals surface area contributed by atoms with Crippen molar-refractivity contribution in [1.82, 2.24) is 9.78 Å². The van der Waals surface area contributed by atoms with E-state index in [4.69, 9.17) is 11.6 Å². The molecule has 0 amide bonds. The van der Waals surface area contributed by atoms with Gasteiger partial charge in [-0.1, -0.05) is 13.8 Å². The molecule has 2 nitrogen and oxygen atoms in total. The SMILES string of the molecule is CCc1cc(CC)n(-c2ccc(F)cc2CCl)n1. The van der Waals surface area contributed by atoms with Gasteiger partial charge in [-0.15, -0.1) is 11.6 Å². The first-order valence-electron chi connectivity index (χ1n) is 6.12. The second-order valence-electron chi connectivity index (χ2n) is 4.15. The number of hydrogen-bond acceptors (Lipinski definition) is 1. The number of aryl methyl sites for hydroxylation is 2. The van der Waals surface area contributed by atoms with Crippen LogP contribution in [0.25, 0.3) is 5.69 Å². The molecule has 1 aromatic heterocycles. The number of halogens is 2. The highest BCUT2D eigenvalue weighted by molar-refractivity contribution is 6.17. The van der Waals surface area contributed by atoms with Gasteiger partial charge < -0.3 is 0 Å². The minimum Gasteiger partial charge on any atom is -0.237 e. The molecule has 4 heteroatoms. The van der Waals surface area contributed by atoms with Crippen LogP contribution in [0.2, 0.25) is 0 Å². The van der Waals surface area contributed by atoms with E-state index in [-0.39, 0.29) is 11.7 Å². The third-order valence-corrected chi connectivity index (χ3v) is 3.26. The van der Waals surface area contributed by atoms with Crippen LogP contribution in [-0.2, 0) is 18.7 Å². The quantitative estimate of drug-likeness (QED) is 0.768. The second kappa shape index (κ2) is 5.53. The van der Waals surface area contributed by atoms with Gasteiger partial charge in [0.2, 0.25) is 0 Å². The molecule has 0 bridgehead atoms. The lowest BCUT2D eigenvalue weighted by atomic mass is 10.2. The standard InChI is InChI=1S/C14H16ClFN2/c1-3-12-8-13(4-2)18(17-12)14-6-5-11(16)7-10(14)9-15/h5-8H,3-4,9H2,1-2H3. The summed E-state index contributed by atoms with van der Waals surface area (Å²) in [6.07, 6.45) is 1.77. The average molecular weight is 267 g/mol. The Morgan fingerprint density at radius 1 is 1.22 bits per heavy atom. The fourth-order valence-electron chi connectivity index (χ4n) is 1.98. The van der Waals surface area contributed by atoms with Crippen molar-refractivity contribution in [3.05, 3.63) is 47.0 Å². The summed E-state index contributed by atoms with van der Waals surface area (Å²) in [5.74, 6) is 0.00714. The molecule has 2 aromatic rings. The minimum atomic E-state index is -0.268. The van der Waals surface area contributed by atoms with E-state index in [2.05, 4.69) is 25.0 Å². The summed E-state index contributed by atoms with van der Waals surface area (Å²) in [7, 11) is 0. The lowest BCUT2D eigenvalue weighted by Crippen LogP contribution is -2.05. The van der Waals surface area contributed by atoms with E-state index in [0.717, 1.165) is 35.5 Å². The summed E-state index contributed by atoms with van der Waals surface area (Å²) in [6, 6.07) is 6.73. The Morgan fingerprint density at radius 2 is 2.00 bits per heavy atom. The topological polar surface area (TPSA) is 17.8 Å². The van der Waals surface area contributed by atoms with Crippen molar-refractivity contribution in [3.8, 4) is 5.69 Å². The molecule has 0 unspecified atom stereocenters. The monoisotopic (exact) mass is 266 g/mol. The van der Waals surface area contributed by atoms with E-state index in [1.165, 1.54) is 12.1 Å². The molecule has 0 atom stereocenters. The van der Waals surface area contributed by atoms with Gasteiger partial charge in [0.1, 0.15) is 5.82 Å². The maximum Gasteiger partial charge on any atom is 0.123 e. The first kappa shape index (κ1) is 13.1. The Morgan fingerprint density at radius 3 is 2.61 bits per heavy atom. The third-order valence-electron chi connectivity index (χ3n) is 2.97. The molecule has 18 heavy (non-hydrogen) atoms. The summed E-state index contributed by atoms with van der Waals surface area (Å²) in [4.78, 5) is 0. The predicted molar refractivity (Wildman–Crippen MR) is 71.8 cm³/mol. The Kier molecular flexibility index (Phi) is 4.02. The highest BCUT2D eigenvalue weighted by Gasteiger charge is 2.11. The van der Waals surface area contributed by atoms with Crippen LogP contribution in [0.15, 0.2) is 24.3 Å². The van der Waals surface area contributed by atoms with Crippen molar-refractivity contribution in [2.24, 2.45) is 0 Å². The zero-order valence-corrected chi connectivity index (χ0v) is 11.3. The molecule has 0 aliphatic heterocycles. The van der Waals surface area contributed by atoms with Crippen molar-refractivity contribution in [2.75, 3.05) is 0 Å². The van der Waals surface area contributed by atoms with Crippen molar-refractivity contribution in [1.29, 1.82) is 0 Å². The Labute approximate surface area is 111 Å². The van der Waals surface area contributed by atoms with Crippen LogP contribution >= 0.6 is 11.6 Å². The van der Waals surface area contributed by atoms with Crippen LogP contribution in [0.1, 0.15) is 30.8 Å². The number of benzene rings is 1. The van der Waals surface area contributed by atoms with Crippen LogP contribution in [0.3, 0.4) is 0 Å². The number of hydrogen-bond donors (Lipinski definition) is 0. The molecule has 0 N–H and O–H groups in total. The fraction of sp³-hybridized carbons (Fsp3) is 0.357. The van der Waals surface area contributed by atoms with Gasteiger partial charge in [-0.3, -0.25) is 0 Å². The summed E-state index contributed by atoms with van der Waals surface area (Å²) in [5.41, 5.74) is 3.78. The first-order chi connectivity index (χ1) is 8.69. The normalized spacial score (nSPS) is 10.9. The lowest BCUT2D eigenvalue weighted by molar-refractivity contribution is 0.625. The molecule has 0 saturated heterocycles. The zero-order valence-electron chi connectivity index (χ0n) is 10.6.